The van der Waals surface area contributed by atoms with Crippen molar-refractivity contribution in [2.75, 3.05) is 5.32 Å². The van der Waals surface area contributed by atoms with Gasteiger partial charge in [-0.3, -0.25) is 0 Å². The zero-order valence-electron chi connectivity index (χ0n) is 10.6. The Morgan fingerprint density at radius 1 is 1.16 bits per heavy atom. The number of rotatable bonds is 3. The van der Waals surface area contributed by atoms with Crippen LogP contribution in [0, 0.1) is 0 Å². The van der Waals surface area contributed by atoms with Gasteiger partial charge in [-0.05, 0) is 48.2 Å². The van der Waals surface area contributed by atoms with E-state index in [1.54, 1.807) is 11.0 Å². The Morgan fingerprint density at radius 3 is 2.68 bits per heavy atom. The second kappa shape index (κ2) is 5.36. The molecule has 1 aromatic heterocycles. The Hall–Kier alpha value is -1.95. The van der Waals surface area contributed by atoms with E-state index in [9.17, 15) is 5.11 Å². The fraction of sp³-hybridized carbons (Fsp3) is 0.462. The number of hydrogen-bond donors (Lipinski definition) is 2. The van der Waals surface area contributed by atoms with E-state index in [1.165, 1.54) is 0 Å². The summed E-state index contributed by atoms with van der Waals surface area (Å²) in [6.45, 7) is 0. The van der Waals surface area contributed by atoms with E-state index in [1.807, 2.05) is 24.3 Å². The third kappa shape index (κ3) is 2.73. The number of aliphatic hydroxyl groups excluding tert-OH is 1. The lowest BCUT2D eigenvalue weighted by Crippen LogP contribution is -2.28. The van der Waals surface area contributed by atoms with Crippen LogP contribution in [0.15, 0.2) is 30.6 Å². The molecule has 0 aliphatic heterocycles. The van der Waals surface area contributed by atoms with Gasteiger partial charge >= 0.3 is 0 Å². The molecule has 2 N–H and O–H groups in total. The highest BCUT2D eigenvalue weighted by molar-refractivity contribution is 5.60. The number of anilines is 1. The Kier molecular flexibility index (Phi) is 3.41. The number of tetrazole rings is 1. The lowest BCUT2D eigenvalue weighted by atomic mass is 9.93. The minimum absolute atomic E-state index is 0.132. The lowest BCUT2D eigenvalue weighted by molar-refractivity contribution is 0.126. The number of aromatic nitrogens is 4. The predicted molar refractivity (Wildman–Crippen MR) is 71.0 cm³/mol. The molecule has 1 fully saturated rings. The van der Waals surface area contributed by atoms with Crippen LogP contribution in [0.2, 0.25) is 0 Å². The average Bonchev–Trinajstić information content (AvgIpc) is 2.96. The fourth-order valence-corrected chi connectivity index (χ4v) is 2.51. The smallest absolute Gasteiger partial charge is 0.143 e. The number of benzene rings is 1. The number of para-hydroxylation sites is 2. The maximum absolute atomic E-state index is 9.54. The molecular formula is C13H17N5O. The number of hydrogen-bond acceptors (Lipinski definition) is 5. The highest BCUT2D eigenvalue weighted by atomic mass is 16.3. The molecule has 3 rings (SSSR count). The summed E-state index contributed by atoms with van der Waals surface area (Å²) in [5.41, 5.74) is 1.97. The fourth-order valence-electron chi connectivity index (χ4n) is 2.51. The zero-order chi connectivity index (χ0) is 13.1. The SMILES string of the molecule is OC1CCC(Nc2ccccc2-n2cnnn2)CC1. The van der Waals surface area contributed by atoms with E-state index >= 15 is 0 Å². The van der Waals surface area contributed by atoms with Crippen LogP contribution in [0.25, 0.3) is 5.69 Å². The molecule has 0 saturated heterocycles. The molecule has 1 heterocycles. The van der Waals surface area contributed by atoms with Crippen LogP contribution >= 0.6 is 0 Å². The van der Waals surface area contributed by atoms with Gasteiger partial charge < -0.3 is 10.4 Å². The quantitative estimate of drug-likeness (QED) is 0.871. The van der Waals surface area contributed by atoms with Crippen molar-refractivity contribution in [1.82, 2.24) is 20.2 Å². The van der Waals surface area contributed by atoms with Crippen molar-refractivity contribution in [3.8, 4) is 5.69 Å². The topological polar surface area (TPSA) is 75.9 Å². The van der Waals surface area contributed by atoms with Gasteiger partial charge in [0, 0.05) is 6.04 Å². The zero-order valence-corrected chi connectivity index (χ0v) is 10.6. The molecule has 0 spiro atoms. The molecule has 0 unspecified atom stereocenters. The van der Waals surface area contributed by atoms with Crippen LogP contribution in [0.4, 0.5) is 5.69 Å². The van der Waals surface area contributed by atoms with E-state index < -0.39 is 0 Å². The van der Waals surface area contributed by atoms with Crippen molar-refractivity contribution in [1.29, 1.82) is 0 Å². The maximum Gasteiger partial charge on any atom is 0.143 e. The van der Waals surface area contributed by atoms with Crippen LogP contribution < -0.4 is 5.32 Å². The van der Waals surface area contributed by atoms with Crippen molar-refractivity contribution in [2.45, 2.75) is 37.8 Å². The molecule has 1 aromatic carbocycles. The van der Waals surface area contributed by atoms with Crippen LogP contribution in [0.1, 0.15) is 25.7 Å². The molecule has 1 aliphatic carbocycles. The van der Waals surface area contributed by atoms with Gasteiger partial charge in [-0.15, -0.1) is 5.10 Å². The second-order valence-corrected chi connectivity index (χ2v) is 4.92. The van der Waals surface area contributed by atoms with Crippen molar-refractivity contribution < 1.29 is 5.11 Å². The summed E-state index contributed by atoms with van der Waals surface area (Å²) in [6, 6.07) is 8.38. The minimum atomic E-state index is -0.132. The Labute approximate surface area is 111 Å². The summed E-state index contributed by atoms with van der Waals surface area (Å²) in [5.74, 6) is 0. The summed E-state index contributed by atoms with van der Waals surface area (Å²) in [6.07, 6.45) is 5.17. The Balaban J connectivity index is 1.78. The summed E-state index contributed by atoms with van der Waals surface area (Å²) in [5, 5.41) is 24.3. The van der Waals surface area contributed by atoms with E-state index in [0.29, 0.717) is 6.04 Å². The predicted octanol–water partition coefficient (Wildman–Crippen LogP) is 1.38. The number of nitrogens with zero attached hydrogens (tertiary/aromatic N) is 4. The lowest BCUT2D eigenvalue weighted by Gasteiger charge is -2.27. The molecule has 1 aliphatic rings. The van der Waals surface area contributed by atoms with E-state index in [4.69, 9.17) is 0 Å². The molecule has 0 bridgehead atoms. The first-order valence-corrected chi connectivity index (χ1v) is 6.60. The maximum atomic E-state index is 9.54. The summed E-state index contributed by atoms with van der Waals surface area (Å²) in [7, 11) is 0. The van der Waals surface area contributed by atoms with Crippen molar-refractivity contribution in [2.24, 2.45) is 0 Å². The number of aliphatic hydroxyl groups is 1. The highest BCUT2D eigenvalue weighted by Gasteiger charge is 2.20. The van der Waals surface area contributed by atoms with Crippen molar-refractivity contribution in [3.05, 3.63) is 30.6 Å². The first-order chi connectivity index (χ1) is 9.33. The monoisotopic (exact) mass is 259 g/mol. The Bertz CT molecular complexity index is 520. The molecule has 0 atom stereocenters. The summed E-state index contributed by atoms with van der Waals surface area (Å²) in [4.78, 5) is 0. The minimum Gasteiger partial charge on any atom is -0.393 e. The third-order valence-electron chi connectivity index (χ3n) is 3.56. The molecule has 6 nitrogen and oxygen atoms in total. The molecular weight excluding hydrogens is 242 g/mol. The molecule has 6 heteroatoms. The average molecular weight is 259 g/mol. The molecule has 100 valence electrons. The second-order valence-electron chi connectivity index (χ2n) is 4.92. The van der Waals surface area contributed by atoms with Gasteiger partial charge in [-0.25, -0.2) is 0 Å². The van der Waals surface area contributed by atoms with Gasteiger partial charge in [0.05, 0.1) is 17.5 Å². The van der Waals surface area contributed by atoms with Crippen molar-refractivity contribution >= 4 is 5.69 Å². The normalized spacial score (nSPS) is 23.2. The molecule has 19 heavy (non-hydrogen) atoms. The number of nitrogens with one attached hydrogen (secondary N) is 1. The third-order valence-corrected chi connectivity index (χ3v) is 3.56. The largest absolute Gasteiger partial charge is 0.393 e. The highest BCUT2D eigenvalue weighted by Crippen LogP contribution is 2.25. The first-order valence-electron chi connectivity index (χ1n) is 6.60. The van der Waals surface area contributed by atoms with Crippen LogP contribution in [-0.2, 0) is 0 Å². The van der Waals surface area contributed by atoms with Gasteiger partial charge in [-0.1, -0.05) is 12.1 Å². The van der Waals surface area contributed by atoms with E-state index in [2.05, 4.69) is 20.8 Å². The molecule has 0 amide bonds. The van der Waals surface area contributed by atoms with Gasteiger partial charge in [0.2, 0.25) is 0 Å². The summed E-state index contributed by atoms with van der Waals surface area (Å²) < 4.78 is 1.65. The Morgan fingerprint density at radius 2 is 1.95 bits per heavy atom. The van der Waals surface area contributed by atoms with Gasteiger partial charge in [-0.2, -0.15) is 4.68 Å². The van der Waals surface area contributed by atoms with E-state index in [-0.39, 0.29) is 6.10 Å². The molecule has 1 saturated carbocycles. The molecule has 2 aromatic rings. The van der Waals surface area contributed by atoms with Crippen LogP contribution in [0.5, 0.6) is 0 Å². The van der Waals surface area contributed by atoms with Gasteiger partial charge in [0.25, 0.3) is 0 Å². The van der Waals surface area contributed by atoms with Crippen LogP contribution in [0.3, 0.4) is 0 Å². The van der Waals surface area contributed by atoms with E-state index in [0.717, 1.165) is 37.1 Å². The van der Waals surface area contributed by atoms with Crippen LogP contribution in [-0.4, -0.2) is 37.5 Å². The van der Waals surface area contributed by atoms with Gasteiger partial charge in [0.1, 0.15) is 6.33 Å². The molecule has 0 radical (unpaired) electrons. The van der Waals surface area contributed by atoms with Gasteiger partial charge in [0.15, 0.2) is 0 Å². The standard InChI is InChI=1S/C13H17N5O/c19-11-7-5-10(6-8-11)15-12-3-1-2-4-13(12)18-9-14-16-17-18/h1-4,9-11,15,19H,5-8H2. The van der Waals surface area contributed by atoms with Crippen molar-refractivity contribution in [3.63, 3.8) is 0 Å². The first kappa shape index (κ1) is 12.1. The summed E-state index contributed by atoms with van der Waals surface area (Å²) >= 11 is 0.